The predicted octanol–water partition coefficient (Wildman–Crippen LogP) is 1.77. The Balaban J connectivity index is 1.67. The maximum absolute atomic E-state index is 12.8. The van der Waals surface area contributed by atoms with E-state index in [0.29, 0.717) is 19.0 Å². The molecule has 3 rings (SSSR count). The Hall–Kier alpha value is -0.610. The zero-order chi connectivity index (χ0) is 13.9. The van der Waals surface area contributed by atoms with Gasteiger partial charge in [-0.15, -0.1) is 0 Å². The molecular formula is C16H28N2O2. The average Bonchev–Trinajstić information content (AvgIpc) is 2.90. The first-order chi connectivity index (χ1) is 9.75. The third kappa shape index (κ3) is 3.01. The van der Waals surface area contributed by atoms with Crippen molar-refractivity contribution in [1.82, 2.24) is 9.80 Å². The average molecular weight is 280 g/mol. The molecule has 4 heteroatoms. The van der Waals surface area contributed by atoms with Crippen molar-refractivity contribution in [2.24, 2.45) is 0 Å². The van der Waals surface area contributed by atoms with Gasteiger partial charge in [-0.2, -0.15) is 0 Å². The monoisotopic (exact) mass is 280 g/mol. The van der Waals surface area contributed by atoms with Gasteiger partial charge in [0, 0.05) is 25.7 Å². The molecule has 3 aliphatic rings. The number of nitrogens with zero attached hydrogens (tertiary/aromatic N) is 2. The van der Waals surface area contributed by atoms with Crippen molar-refractivity contribution >= 4 is 5.91 Å². The van der Waals surface area contributed by atoms with Crippen molar-refractivity contribution in [3.63, 3.8) is 0 Å². The Morgan fingerprint density at radius 1 is 0.950 bits per heavy atom. The Bertz CT molecular complexity index is 335. The molecule has 0 spiro atoms. The molecule has 4 nitrogen and oxygen atoms in total. The van der Waals surface area contributed by atoms with E-state index in [1.54, 1.807) is 0 Å². The Kier molecular flexibility index (Phi) is 4.61. The molecule has 0 bridgehead atoms. The van der Waals surface area contributed by atoms with Crippen molar-refractivity contribution in [1.29, 1.82) is 0 Å². The summed E-state index contributed by atoms with van der Waals surface area (Å²) in [5, 5.41) is 10.0. The molecule has 2 atom stereocenters. The van der Waals surface area contributed by atoms with Crippen LogP contribution in [-0.4, -0.2) is 58.6 Å². The molecule has 1 amide bonds. The lowest BCUT2D eigenvalue weighted by Crippen LogP contribution is -2.50. The number of likely N-dealkylation sites (tertiary alicyclic amines) is 2. The van der Waals surface area contributed by atoms with E-state index in [4.69, 9.17) is 0 Å². The maximum atomic E-state index is 12.8. The Morgan fingerprint density at radius 2 is 1.60 bits per heavy atom. The molecule has 2 heterocycles. The smallest absolute Gasteiger partial charge is 0.240 e. The fourth-order valence-corrected chi connectivity index (χ4v) is 4.22. The molecular weight excluding hydrogens is 252 g/mol. The summed E-state index contributed by atoms with van der Waals surface area (Å²) in [6, 6.07) is 0.478. The minimum Gasteiger partial charge on any atom is -0.392 e. The second-order valence-electron chi connectivity index (χ2n) is 6.78. The van der Waals surface area contributed by atoms with E-state index in [9.17, 15) is 9.90 Å². The third-order valence-electron chi connectivity index (χ3n) is 5.31. The highest BCUT2D eigenvalue weighted by atomic mass is 16.3. The minimum atomic E-state index is -0.310. The molecule has 0 unspecified atom stereocenters. The molecule has 20 heavy (non-hydrogen) atoms. The molecule has 1 aliphatic carbocycles. The largest absolute Gasteiger partial charge is 0.392 e. The zero-order valence-corrected chi connectivity index (χ0v) is 12.5. The van der Waals surface area contributed by atoms with E-state index >= 15 is 0 Å². The van der Waals surface area contributed by atoms with Crippen LogP contribution in [-0.2, 0) is 4.79 Å². The number of hydrogen-bond donors (Lipinski definition) is 1. The van der Waals surface area contributed by atoms with Crippen LogP contribution in [0.25, 0.3) is 0 Å². The van der Waals surface area contributed by atoms with Crippen molar-refractivity contribution in [3.8, 4) is 0 Å². The number of carbonyl (C=O) groups excluding carboxylic acids is 1. The number of β-amino-alcohol motifs (C(OH)–C–C–N with tert-alkyl or cyclic N) is 1. The van der Waals surface area contributed by atoms with Crippen molar-refractivity contribution in [3.05, 3.63) is 0 Å². The van der Waals surface area contributed by atoms with Gasteiger partial charge < -0.3 is 10.0 Å². The standard InChI is InChI=1S/C16H28N2O2/c19-14-11-15(16(20)17-9-5-2-6-10-17)18(12-14)13-7-3-1-4-8-13/h13-15,19H,1-12H2/t14-,15+/m1/s1. The van der Waals surface area contributed by atoms with E-state index in [2.05, 4.69) is 4.90 Å². The van der Waals surface area contributed by atoms with Gasteiger partial charge in [0.2, 0.25) is 5.91 Å². The van der Waals surface area contributed by atoms with Crippen LogP contribution >= 0.6 is 0 Å². The van der Waals surface area contributed by atoms with Crippen LogP contribution in [0.3, 0.4) is 0 Å². The van der Waals surface area contributed by atoms with Gasteiger partial charge in [-0.3, -0.25) is 9.69 Å². The van der Waals surface area contributed by atoms with Gasteiger partial charge >= 0.3 is 0 Å². The first-order valence-electron chi connectivity index (χ1n) is 8.48. The SMILES string of the molecule is O=C([C@@H]1C[C@@H](O)CN1C1CCCCC1)N1CCCCC1. The summed E-state index contributed by atoms with van der Waals surface area (Å²) in [6.07, 6.45) is 10.2. The van der Waals surface area contributed by atoms with Crippen LogP contribution in [0.1, 0.15) is 57.8 Å². The highest BCUT2D eigenvalue weighted by molar-refractivity contribution is 5.82. The van der Waals surface area contributed by atoms with Gasteiger partial charge in [0.05, 0.1) is 12.1 Å². The molecule has 2 saturated heterocycles. The highest BCUT2D eigenvalue weighted by Gasteiger charge is 2.41. The van der Waals surface area contributed by atoms with Gasteiger partial charge in [0.15, 0.2) is 0 Å². The number of rotatable bonds is 2. The molecule has 0 aromatic carbocycles. The van der Waals surface area contributed by atoms with E-state index < -0.39 is 0 Å². The lowest BCUT2D eigenvalue weighted by molar-refractivity contribution is -0.138. The van der Waals surface area contributed by atoms with Gasteiger partial charge in [-0.05, 0) is 38.5 Å². The van der Waals surface area contributed by atoms with Crippen LogP contribution in [0.2, 0.25) is 0 Å². The Morgan fingerprint density at radius 3 is 2.30 bits per heavy atom. The number of amides is 1. The van der Waals surface area contributed by atoms with Crippen molar-refractivity contribution < 1.29 is 9.90 Å². The van der Waals surface area contributed by atoms with Gasteiger partial charge in [-0.1, -0.05) is 19.3 Å². The van der Waals surface area contributed by atoms with E-state index in [1.807, 2.05) is 4.90 Å². The molecule has 0 aromatic rings. The van der Waals surface area contributed by atoms with Crippen LogP contribution < -0.4 is 0 Å². The molecule has 0 radical (unpaired) electrons. The van der Waals surface area contributed by atoms with E-state index in [1.165, 1.54) is 38.5 Å². The fraction of sp³-hybridized carbons (Fsp3) is 0.938. The zero-order valence-electron chi connectivity index (χ0n) is 12.5. The summed E-state index contributed by atoms with van der Waals surface area (Å²) in [5.74, 6) is 0.284. The lowest BCUT2D eigenvalue weighted by Gasteiger charge is -2.37. The van der Waals surface area contributed by atoms with Crippen LogP contribution in [0.5, 0.6) is 0 Å². The third-order valence-corrected chi connectivity index (χ3v) is 5.31. The quantitative estimate of drug-likeness (QED) is 0.838. The van der Waals surface area contributed by atoms with Crippen molar-refractivity contribution in [2.75, 3.05) is 19.6 Å². The van der Waals surface area contributed by atoms with Crippen LogP contribution in [0.4, 0.5) is 0 Å². The minimum absolute atomic E-state index is 0.0498. The second kappa shape index (κ2) is 6.44. The molecule has 0 aromatic heterocycles. The lowest BCUT2D eigenvalue weighted by atomic mass is 9.93. The van der Waals surface area contributed by atoms with Gasteiger partial charge in [-0.25, -0.2) is 0 Å². The molecule has 114 valence electrons. The molecule has 3 fully saturated rings. The summed E-state index contributed by atoms with van der Waals surface area (Å²) in [6.45, 7) is 2.54. The van der Waals surface area contributed by atoms with Crippen LogP contribution in [0, 0.1) is 0 Å². The highest BCUT2D eigenvalue weighted by Crippen LogP contribution is 2.30. The first-order valence-corrected chi connectivity index (χ1v) is 8.48. The fourth-order valence-electron chi connectivity index (χ4n) is 4.22. The number of aliphatic hydroxyl groups excluding tert-OH is 1. The Labute approximate surface area is 122 Å². The second-order valence-corrected chi connectivity index (χ2v) is 6.78. The topological polar surface area (TPSA) is 43.8 Å². The number of aliphatic hydroxyl groups is 1. The van der Waals surface area contributed by atoms with Gasteiger partial charge in [0.25, 0.3) is 0 Å². The van der Waals surface area contributed by atoms with Crippen molar-refractivity contribution in [2.45, 2.75) is 76.0 Å². The summed E-state index contributed by atoms with van der Waals surface area (Å²) in [4.78, 5) is 17.1. The van der Waals surface area contributed by atoms with E-state index in [0.717, 1.165) is 25.9 Å². The molecule has 2 aliphatic heterocycles. The van der Waals surface area contributed by atoms with Crippen LogP contribution in [0.15, 0.2) is 0 Å². The van der Waals surface area contributed by atoms with Gasteiger partial charge in [0.1, 0.15) is 0 Å². The normalized spacial score (nSPS) is 33.5. The number of hydrogen-bond acceptors (Lipinski definition) is 3. The summed E-state index contributed by atoms with van der Waals surface area (Å²) in [5.41, 5.74) is 0. The maximum Gasteiger partial charge on any atom is 0.240 e. The molecule has 1 saturated carbocycles. The summed E-state index contributed by atoms with van der Waals surface area (Å²) >= 11 is 0. The first kappa shape index (κ1) is 14.3. The summed E-state index contributed by atoms with van der Waals surface area (Å²) in [7, 11) is 0. The van der Waals surface area contributed by atoms with E-state index in [-0.39, 0.29) is 18.1 Å². The number of piperidine rings is 1. The molecule has 1 N–H and O–H groups in total. The predicted molar refractivity (Wildman–Crippen MR) is 78.4 cm³/mol. The summed E-state index contributed by atoms with van der Waals surface area (Å²) < 4.78 is 0. The number of carbonyl (C=O) groups is 1.